The summed E-state index contributed by atoms with van der Waals surface area (Å²) in [5.41, 5.74) is 0.395. The van der Waals surface area contributed by atoms with Gasteiger partial charge < -0.3 is 15.4 Å². The van der Waals surface area contributed by atoms with Crippen molar-refractivity contribution in [1.29, 1.82) is 0 Å². The molecule has 6 nitrogen and oxygen atoms in total. The average Bonchev–Trinajstić information content (AvgIpc) is 2.57. The van der Waals surface area contributed by atoms with E-state index in [0.717, 1.165) is 6.42 Å². The summed E-state index contributed by atoms with van der Waals surface area (Å²) in [6.45, 7) is 5.96. The molecule has 1 atom stereocenters. The summed E-state index contributed by atoms with van der Waals surface area (Å²) >= 11 is 5.80. The summed E-state index contributed by atoms with van der Waals surface area (Å²) in [6, 6.07) is 5.54. The second-order valence-corrected chi connectivity index (χ2v) is 6.56. The van der Waals surface area contributed by atoms with E-state index in [1.54, 1.807) is 24.3 Å². The summed E-state index contributed by atoms with van der Waals surface area (Å²) in [6.07, 6.45) is 1.21. The maximum Gasteiger partial charge on any atom is 0.329 e. The number of carbonyl (C=O) groups is 3. The van der Waals surface area contributed by atoms with Gasteiger partial charge in [0.2, 0.25) is 0 Å². The first-order chi connectivity index (χ1) is 11.8. The number of ether oxygens (including phenoxy) is 1. The van der Waals surface area contributed by atoms with Crippen molar-refractivity contribution in [1.82, 2.24) is 10.6 Å². The first-order valence-corrected chi connectivity index (χ1v) is 8.71. The van der Waals surface area contributed by atoms with Crippen LogP contribution in [0.2, 0.25) is 5.02 Å². The summed E-state index contributed by atoms with van der Waals surface area (Å²) in [5, 5.41) is 5.81. The van der Waals surface area contributed by atoms with Crippen molar-refractivity contribution in [3.63, 3.8) is 0 Å². The molecule has 0 bridgehead atoms. The fourth-order valence-electron chi connectivity index (χ4n) is 2.08. The maximum absolute atomic E-state index is 12.3. The Hall–Kier alpha value is -2.08. The van der Waals surface area contributed by atoms with E-state index in [1.165, 1.54) is 0 Å². The van der Waals surface area contributed by atoms with Crippen molar-refractivity contribution in [2.75, 3.05) is 13.2 Å². The molecule has 0 heterocycles. The molecule has 1 aromatic rings. The predicted molar refractivity (Wildman–Crippen MR) is 96.4 cm³/mol. The van der Waals surface area contributed by atoms with E-state index >= 15 is 0 Å². The monoisotopic (exact) mass is 368 g/mol. The van der Waals surface area contributed by atoms with E-state index in [1.807, 2.05) is 20.8 Å². The van der Waals surface area contributed by atoms with Crippen molar-refractivity contribution >= 4 is 29.4 Å². The van der Waals surface area contributed by atoms with Gasteiger partial charge in [-0.15, -0.1) is 0 Å². The lowest BCUT2D eigenvalue weighted by atomic mass is 10.0. The van der Waals surface area contributed by atoms with Gasteiger partial charge in [0.15, 0.2) is 6.61 Å². The predicted octanol–water partition coefficient (Wildman–Crippen LogP) is 2.55. The summed E-state index contributed by atoms with van der Waals surface area (Å²) in [7, 11) is 0. The molecule has 0 fully saturated rings. The van der Waals surface area contributed by atoms with Gasteiger partial charge in [-0.05, 0) is 43.0 Å². The Labute approximate surface area is 153 Å². The van der Waals surface area contributed by atoms with Crippen LogP contribution in [0.1, 0.15) is 44.0 Å². The molecule has 2 N–H and O–H groups in total. The highest BCUT2D eigenvalue weighted by Gasteiger charge is 2.24. The van der Waals surface area contributed by atoms with E-state index in [0.29, 0.717) is 23.6 Å². The standard InChI is InChI=1S/C18H25ClN2O4/c1-4-9-20-16(22)11-25-18(24)15(10-12(2)3)21-17(23)13-5-7-14(19)8-6-13/h5-8,12,15H,4,9-11H2,1-3H3,(H,20,22)(H,21,23)/t15-/m1/s1. The molecule has 0 saturated heterocycles. The second-order valence-electron chi connectivity index (χ2n) is 6.12. The average molecular weight is 369 g/mol. The minimum absolute atomic E-state index is 0.164. The third kappa shape index (κ3) is 8.03. The number of benzene rings is 1. The quantitative estimate of drug-likeness (QED) is 0.656. The van der Waals surface area contributed by atoms with Crippen LogP contribution in [0, 0.1) is 5.92 Å². The zero-order valence-corrected chi connectivity index (χ0v) is 15.6. The van der Waals surface area contributed by atoms with Crippen LogP contribution in [0.5, 0.6) is 0 Å². The van der Waals surface area contributed by atoms with E-state index in [4.69, 9.17) is 16.3 Å². The highest BCUT2D eigenvalue weighted by molar-refractivity contribution is 6.30. The Kier molecular flexibility index (Phi) is 8.99. The van der Waals surface area contributed by atoms with Gasteiger partial charge in [-0.25, -0.2) is 4.79 Å². The molecular formula is C18H25ClN2O4. The lowest BCUT2D eigenvalue weighted by Gasteiger charge is -2.19. The summed E-state index contributed by atoms with van der Waals surface area (Å²) < 4.78 is 5.03. The Bertz CT molecular complexity index is 587. The highest BCUT2D eigenvalue weighted by atomic mass is 35.5. The molecule has 0 radical (unpaired) electrons. The van der Waals surface area contributed by atoms with Crippen molar-refractivity contribution in [2.24, 2.45) is 5.92 Å². The van der Waals surface area contributed by atoms with E-state index < -0.39 is 17.9 Å². The van der Waals surface area contributed by atoms with Crippen LogP contribution in [0.15, 0.2) is 24.3 Å². The van der Waals surface area contributed by atoms with Gasteiger partial charge in [-0.1, -0.05) is 32.4 Å². The van der Waals surface area contributed by atoms with Crippen LogP contribution in [0.4, 0.5) is 0 Å². The van der Waals surface area contributed by atoms with E-state index in [2.05, 4.69) is 10.6 Å². The molecule has 1 rings (SSSR count). The fourth-order valence-corrected chi connectivity index (χ4v) is 2.21. The Morgan fingerprint density at radius 3 is 2.36 bits per heavy atom. The van der Waals surface area contributed by atoms with Gasteiger partial charge in [-0.2, -0.15) is 0 Å². The number of amides is 2. The number of hydrogen-bond acceptors (Lipinski definition) is 4. The normalized spacial score (nSPS) is 11.7. The van der Waals surface area contributed by atoms with Crippen LogP contribution in [0.25, 0.3) is 0 Å². The third-order valence-electron chi connectivity index (χ3n) is 3.32. The van der Waals surface area contributed by atoms with Crippen molar-refractivity contribution < 1.29 is 19.1 Å². The Balaban J connectivity index is 2.66. The number of nitrogens with one attached hydrogen (secondary N) is 2. The number of hydrogen-bond donors (Lipinski definition) is 2. The van der Waals surface area contributed by atoms with Crippen molar-refractivity contribution in [3.05, 3.63) is 34.9 Å². The molecule has 7 heteroatoms. The largest absolute Gasteiger partial charge is 0.454 e. The molecule has 2 amide bonds. The zero-order valence-electron chi connectivity index (χ0n) is 14.8. The van der Waals surface area contributed by atoms with Gasteiger partial charge in [0.25, 0.3) is 11.8 Å². The van der Waals surface area contributed by atoms with Gasteiger partial charge in [0.1, 0.15) is 6.04 Å². The molecular weight excluding hydrogens is 344 g/mol. The number of carbonyl (C=O) groups excluding carboxylic acids is 3. The van der Waals surface area contributed by atoms with Crippen LogP contribution in [0.3, 0.4) is 0 Å². The Morgan fingerprint density at radius 2 is 1.80 bits per heavy atom. The lowest BCUT2D eigenvalue weighted by molar-refractivity contribution is -0.150. The molecule has 0 aromatic heterocycles. The van der Waals surface area contributed by atoms with Gasteiger partial charge in [0.05, 0.1) is 0 Å². The molecule has 0 aliphatic heterocycles. The maximum atomic E-state index is 12.3. The van der Waals surface area contributed by atoms with Crippen LogP contribution in [-0.4, -0.2) is 37.0 Å². The number of halogens is 1. The van der Waals surface area contributed by atoms with Crippen LogP contribution < -0.4 is 10.6 Å². The minimum atomic E-state index is -0.817. The molecule has 138 valence electrons. The van der Waals surface area contributed by atoms with Crippen molar-refractivity contribution in [2.45, 2.75) is 39.7 Å². The van der Waals surface area contributed by atoms with E-state index in [9.17, 15) is 14.4 Å². The molecule has 0 aliphatic rings. The van der Waals surface area contributed by atoms with E-state index in [-0.39, 0.29) is 18.4 Å². The van der Waals surface area contributed by atoms with Crippen molar-refractivity contribution in [3.8, 4) is 0 Å². The molecule has 1 aromatic carbocycles. The third-order valence-corrected chi connectivity index (χ3v) is 3.57. The van der Waals surface area contributed by atoms with Gasteiger partial charge in [-0.3, -0.25) is 9.59 Å². The fraction of sp³-hybridized carbons (Fsp3) is 0.500. The molecule has 0 aliphatic carbocycles. The smallest absolute Gasteiger partial charge is 0.329 e. The van der Waals surface area contributed by atoms with Crippen LogP contribution >= 0.6 is 11.6 Å². The Morgan fingerprint density at radius 1 is 1.16 bits per heavy atom. The minimum Gasteiger partial charge on any atom is -0.454 e. The first-order valence-electron chi connectivity index (χ1n) is 8.33. The molecule has 25 heavy (non-hydrogen) atoms. The SMILES string of the molecule is CCCNC(=O)COC(=O)[C@@H](CC(C)C)NC(=O)c1ccc(Cl)cc1. The highest BCUT2D eigenvalue weighted by Crippen LogP contribution is 2.11. The summed E-state index contributed by atoms with van der Waals surface area (Å²) in [5.74, 6) is -1.21. The zero-order chi connectivity index (χ0) is 18.8. The number of rotatable bonds is 9. The second kappa shape index (κ2) is 10.7. The van der Waals surface area contributed by atoms with Gasteiger partial charge in [0, 0.05) is 17.1 Å². The molecule has 0 saturated carbocycles. The topological polar surface area (TPSA) is 84.5 Å². The van der Waals surface area contributed by atoms with Crippen LogP contribution in [-0.2, 0) is 14.3 Å². The molecule has 0 spiro atoms. The first kappa shape index (κ1) is 21.0. The summed E-state index contributed by atoms with van der Waals surface area (Å²) in [4.78, 5) is 36.1. The lowest BCUT2D eigenvalue weighted by Crippen LogP contribution is -2.43. The van der Waals surface area contributed by atoms with Gasteiger partial charge >= 0.3 is 5.97 Å². The molecule has 0 unspecified atom stereocenters. The number of esters is 1.